The molecule has 0 heterocycles. The molecule has 0 bridgehead atoms. The van der Waals surface area contributed by atoms with Crippen molar-refractivity contribution >= 4 is 51.0 Å². The van der Waals surface area contributed by atoms with E-state index in [2.05, 4.69) is 57.3 Å². The lowest BCUT2D eigenvalue weighted by molar-refractivity contribution is -0.118. The van der Waals surface area contributed by atoms with Crippen molar-refractivity contribution in [3.05, 3.63) is 49.1 Å². The second kappa shape index (κ2) is 8.86. The van der Waals surface area contributed by atoms with Crippen molar-refractivity contribution in [3.8, 4) is 17.2 Å². The second-order valence-electron chi connectivity index (χ2n) is 5.06. The van der Waals surface area contributed by atoms with Crippen molar-refractivity contribution in [2.24, 2.45) is 0 Å². The molecule has 0 aliphatic carbocycles. The van der Waals surface area contributed by atoms with Crippen LogP contribution in [0.15, 0.2) is 36.4 Å². The largest absolute Gasteiger partial charge is 0.497 e. The standard InChI is InChI=1S/C18H18I2O3/c1-3-13(21)5-4-12-10-16(19)18(17(20)11-12)23-15-8-6-14(22-2)7-9-15/h6-11H,3-5H2,1-2H3. The molecule has 0 saturated heterocycles. The minimum atomic E-state index is 0.300. The van der Waals surface area contributed by atoms with Gasteiger partial charge in [0.05, 0.1) is 14.3 Å². The van der Waals surface area contributed by atoms with Crippen LogP contribution in [0.3, 0.4) is 0 Å². The van der Waals surface area contributed by atoms with Crippen LogP contribution >= 0.6 is 45.2 Å². The van der Waals surface area contributed by atoms with Crippen LogP contribution in [0.25, 0.3) is 0 Å². The third-order valence-electron chi connectivity index (χ3n) is 3.42. The molecule has 0 aromatic heterocycles. The highest BCUT2D eigenvalue weighted by atomic mass is 127. The molecule has 0 spiro atoms. The van der Waals surface area contributed by atoms with Crippen LogP contribution in [0.5, 0.6) is 17.2 Å². The molecule has 0 aliphatic heterocycles. The number of ketones is 1. The number of halogens is 2. The molecule has 0 unspecified atom stereocenters. The highest BCUT2D eigenvalue weighted by Crippen LogP contribution is 2.33. The van der Waals surface area contributed by atoms with Crippen molar-refractivity contribution in [3.63, 3.8) is 0 Å². The van der Waals surface area contributed by atoms with Crippen LogP contribution in [0.4, 0.5) is 0 Å². The molecule has 2 aromatic carbocycles. The smallest absolute Gasteiger partial charge is 0.154 e. The summed E-state index contributed by atoms with van der Waals surface area (Å²) in [4.78, 5) is 11.5. The van der Waals surface area contributed by atoms with Gasteiger partial charge in [0.15, 0.2) is 5.75 Å². The third kappa shape index (κ3) is 5.34. The fraction of sp³-hybridized carbons (Fsp3) is 0.278. The number of carbonyl (C=O) groups excluding carboxylic acids is 1. The topological polar surface area (TPSA) is 35.5 Å². The average molecular weight is 536 g/mol. The second-order valence-corrected chi connectivity index (χ2v) is 7.38. The summed E-state index contributed by atoms with van der Waals surface area (Å²) in [5.41, 5.74) is 1.17. The molecule has 0 radical (unpaired) electrons. The van der Waals surface area contributed by atoms with Crippen LogP contribution in [0.1, 0.15) is 25.3 Å². The van der Waals surface area contributed by atoms with E-state index in [1.165, 1.54) is 5.56 Å². The highest BCUT2D eigenvalue weighted by molar-refractivity contribution is 14.1. The third-order valence-corrected chi connectivity index (χ3v) is 5.03. The number of benzene rings is 2. The maximum Gasteiger partial charge on any atom is 0.154 e. The van der Waals surface area contributed by atoms with Crippen molar-refractivity contribution in [2.45, 2.75) is 26.2 Å². The zero-order valence-corrected chi connectivity index (χ0v) is 17.4. The number of rotatable bonds is 7. The number of carbonyl (C=O) groups is 1. The van der Waals surface area contributed by atoms with Gasteiger partial charge < -0.3 is 9.47 Å². The van der Waals surface area contributed by atoms with Gasteiger partial charge in [-0.1, -0.05) is 6.92 Å². The van der Waals surface area contributed by atoms with Crippen LogP contribution in [-0.2, 0) is 11.2 Å². The van der Waals surface area contributed by atoms with Gasteiger partial charge in [0.2, 0.25) is 0 Å². The van der Waals surface area contributed by atoms with Crippen LogP contribution < -0.4 is 9.47 Å². The molecule has 5 heteroatoms. The summed E-state index contributed by atoms with van der Waals surface area (Å²) in [5, 5.41) is 0. The Morgan fingerprint density at radius 1 is 1.04 bits per heavy atom. The van der Waals surface area contributed by atoms with E-state index in [1.807, 2.05) is 31.2 Å². The van der Waals surface area contributed by atoms with E-state index in [1.54, 1.807) is 7.11 Å². The molecule has 0 fully saturated rings. The summed E-state index contributed by atoms with van der Waals surface area (Å²) >= 11 is 4.56. The van der Waals surface area contributed by atoms with E-state index >= 15 is 0 Å². The Bertz CT molecular complexity index is 658. The minimum Gasteiger partial charge on any atom is -0.497 e. The summed E-state index contributed by atoms with van der Waals surface area (Å²) in [7, 11) is 1.64. The van der Waals surface area contributed by atoms with Crippen LogP contribution in [-0.4, -0.2) is 12.9 Å². The van der Waals surface area contributed by atoms with Crippen LogP contribution in [0.2, 0.25) is 0 Å². The normalized spacial score (nSPS) is 10.4. The molecule has 0 atom stereocenters. The Kier molecular flexibility index (Phi) is 7.13. The Labute approximate surface area is 164 Å². The molecule has 3 nitrogen and oxygen atoms in total. The van der Waals surface area contributed by atoms with Crippen LogP contribution in [0, 0.1) is 7.14 Å². The van der Waals surface area contributed by atoms with Gasteiger partial charge in [-0.15, -0.1) is 0 Å². The molecular formula is C18H18I2O3. The first-order valence-electron chi connectivity index (χ1n) is 7.35. The number of methoxy groups -OCH3 is 1. The summed E-state index contributed by atoms with van der Waals surface area (Å²) in [5.74, 6) is 2.73. The lowest BCUT2D eigenvalue weighted by atomic mass is 10.1. The lowest BCUT2D eigenvalue weighted by Crippen LogP contribution is -1.99. The zero-order valence-electron chi connectivity index (χ0n) is 13.1. The van der Waals surface area contributed by atoms with Gasteiger partial charge in [-0.25, -0.2) is 0 Å². The Morgan fingerprint density at radius 2 is 1.61 bits per heavy atom. The van der Waals surface area contributed by atoms with Crippen molar-refractivity contribution < 1.29 is 14.3 Å². The lowest BCUT2D eigenvalue weighted by Gasteiger charge is -2.12. The van der Waals surface area contributed by atoms with E-state index in [0.717, 1.165) is 30.8 Å². The van der Waals surface area contributed by atoms with E-state index in [-0.39, 0.29) is 0 Å². The van der Waals surface area contributed by atoms with Gasteiger partial charge in [0.1, 0.15) is 17.3 Å². The molecule has 0 amide bonds. The molecular weight excluding hydrogens is 518 g/mol. The van der Waals surface area contributed by atoms with Gasteiger partial charge in [0.25, 0.3) is 0 Å². The Balaban J connectivity index is 2.14. The number of hydrogen-bond acceptors (Lipinski definition) is 3. The average Bonchev–Trinajstić information content (AvgIpc) is 2.56. The predicted molar refractivity (Wildman–Crippen MR) is 109 cm³/mol. The van der Waals surface area contributed by atoms with Gasteiger partial charge in [-0.2, -0.15) is 0 Å². The quantitative estimate of drug-likeness (QED) is 0.432. The monoisotopic (exact) mass is 536 g/mol. The zero-order chi connectivity index (χ0) is 16.8. The first kappa shape index (κ1) is 18.5. The predicted octanol–water partition coefficient (Wildman–Crippen LogP) is 5.61. The molecule has 2 rings (SSSR count). The molecule has 122 valence electrons. The number of hydrogen-bond donors (Lipinski definition) is 0. The highest BCUT2D eigenvalue weighted by Gasteiger charge is 2.11. The summed E-state index contributed by atoms with van der Waals surface area (Å²) < 4.78 is 13.2. The minimum absolute atomic E-state index is 0.300. The van der Waals surface area contributed by atoms with E-state index in [0.29, 0.717) is 18.6 Å². The fourth-order valence-corrected chi connectivity index (χ4v) is 4.19. The van der Waals surface area contributed by atoms with Gasteiger partial charge >= 0.3 is 0 Å². The van der Waals surface area contributed by atoms with E-state index in [4.69, 9.17) is 9.47 Å². The summed E-state index contributed by atoms with van der Waals surface area (Å²) in [6, 6.07) is 11.7. The van der Waals surface area contributed by atoms with E-state index in [9.17, 15) is 4.79 Å². The van der Waals surface area contributed by atoms with E-state index < -0.39 is 0 Å². The Hall–Kier alpha value is -0.830. The summed E-state index contributed by atoms with van der Waals surface area (Å²) in [6.45, 7) is 1.90. The molecule has 23 heavy (non-hydrogen) atoms. The SMILES string of the molecule is CCC(=O)CCc1cc(I)c(Oc2ccc(OC)cc2)c(I)c1. The molecule has 2 aromatic rings. The first-order valence-corrected chi connectivity index (χ1v) is 9.50. The summed E-state index contributed by atoms with van der Waals surface area (Å²) in [6.07, 6.45) is 1.98. The van der Waals surface area contributed by atoms with Gasteiger partial charge in [-0.3, -0.25) is 4.79 Å². The molecule has 0 aliphatic rings. The maximum atomic E-state index is 11.5. The number of ether oxygens (including phenoxy) is 2. The van der Waals surface area contributed by atoms with Crippen molar-refractivity contribution in [1.29, 1.82) is 0 Å². The number of aryl methyl sites for hydroxylation is 1. The maximum absolute atomic E-state index is 11.5. The van der Waals surface area contributed by atoms with Crippen molar-refractivity contribution in [2.75, 3.05) is 7.11 Å². The van der Waals surface area contributed by atoms with Crippen molar-refractivity contribution in [1.82, 2.24) is 0 Å². The first-order chi connectivity index (χ1) is 11.0. The number of Topliss-reactive ketones (excluding diaryl/α,β-unsaturated/α-hetero) is 1. The molecule has 0 saturated carbocycles. The molecule has 0 N–H and O–H groups in total. The Morgan fingerprint density at radius 3 is 2.13 bits per heavy atom. The fourth-order valence-electron chi connectivity index (χ4n) is 2.08. The van der Waals surface area contributed by atoms with Gasteiger partial charge in [-0.05, 0) is 93.6 Å². The van der Waals surface area contributed by atoms with Gasteiger partial charge in [0, 0.05) is 12.8 Å².